The van der Waals surface area contributed by atoms with Crippen molar-refractivity contribution in [3.05, 3.63) is 47.3 Å². The molecular weight excluding hydrogens is 375 g/mol. The SMILES string of the molecule is Cc1cc(C(=O)N2CCN(C=O)CC2)nc(Nc2ccc(C(F)(F)F)cc2)n1. The van der Waals surface area contributed by atoms with Gasteiger partial charge in [-0.2, -0.15) is 13.2 Å². The second-order valence-electron chi connectivity index (χ2n) is 6.35. The van der Waals surface area contributed by atoms with Gasteiger partial charge >= 0.3 is 6.18 Å². The van der Waals surface area contributed by atoms with Gasteiger partial charge in [0, 0.05) is 37.6 Å². The van der Waals surface area contributed by atoms with E-state index in [0.717, 1.165) is 18.5 Å². The molecule has 0 unspecified atom stereocenters. The van der Waals surface area contributed by atoms with Crippen LogP contribution in [0.5, 0.6) is 0 Å². The molecular formula is C18H18F3N5O2. The number of hydrogen-bond acceptors (Lipinski definition) is 5. The van der Waals surface area contributed by atoms with Gasteiger partial charge in [0.15, 0.2) is 0 Å². The Labute approximate surface area is 159 Å². The largest absolute Gasteiger partial charge is 0.416 e. The fourth-order valence-electron chi connectivity index (χ4n) is 2.80. The van der Waals surface area contributed by atoms with E-state index in [2.05, 4.69) is 15.3 Å². The number of amides is 2. The van der Waals surface area contributed by atoms with Gasteiger partial charge in [-0.3, -0.25) is 9.59 Å². The van der Waals surface area contributed by atoms with Gasteiger partial charge in [-0.05, 0) is 37.3 Å². The lowest BCUT2D eigenvalue weighted by molar-refractivity contribution is -0.137. The zero-order valence-corrected chi connectivity index (χ0v) is 15.0. The van der Waals surface area contributed by atoms with Crippen LogP contribution < -0.4 is 5.32 Å². The van der Waals surface area contributed by atoms with Gasteiger partial charge in [0.2, 0.25) is 12.4 Å². The van der Waals surface area contributed by atoms with Crippen LogP contribution in [0.1, 0.15) is 21.7 Å². The molecule has 1 aromatic heterocycles. The molecule has 1 fully saturated rings. The molecule has 3 rings (SSSR count). The van der Waals surface area contributed by atoms with E-state index in [4.69, 9.17) is 0 Å². The van der Waals surface area contributed by atoms with Crippen molar-refractivity contribution >= 4 is 24.0 Å². The maximum Gasteiger partial charge on any atom is 0.416 e. The highest BCUT2D eigenvalue weighted by Crippen LogP contribution is 2.30. The summed E-state index contributed by atoms with van der Waals surface area (Å²) in [5.74, 6) is -0.166. The first kappa shape index (κ1) is 19.6. The molecule has 2 heterocycles. The highest BCUT2D eigenvalue weighted by molar-refractivity contribution is 5.93. The molecule has 2 amide bonds. The van der Waals surface area contributed by atoms with Crippen LogP contribution in [0.15, 0.2) is 30.3 Å². The highest BCUT2D eigenvalue weighted by Gasteiger charge is 2.30. The van der Waals surface area contributed by atoms with E-state index in [0.29, 0.717) is 37.6 Å². The number of nitrogens with zero attached hydrogens (tertiary/aromatic N) is 4. The summed E-state index contributed by atoms with van der Waals surface area (Å²) in [4.78, 5) is 35.0. The minimum absolute atomic E-state index is 0.120. The number of alkyl halides is 3. The summed E-state index contributed by atoms with van der Waals surface area (Å²) in [5.41, 5.74) is 0.339. The van der Waals surface area contributed by atoms with Crippen LogP contribution in [0, 0.1) is 6.92 Å². The number of aromatic nitrogens is 2. The third-order valence-corrected chi connectivity index (χ3v) is 4.29. The molecule has 28 heavy (non-hydrogen) atoms. The Morgan fingerprint density at radius 3 is 2.32 bits per heavy atom. The molecule has 1 aromatic carbocycles. The molecule has 7 nitrogen and oxygen atoms in total. The zero-order valence-electron chi connectivity index (χ0n) is 15.0. The number of carbonyl (C=O) groups excluding carboxylic acids is 2. The number of anilines is 2. The minimum atomic E-state index is -4.41. The van der Waals surface area contributed by atoms with Gasteiger partial charge < -0.3 is 15.1 Å². The lowest BCUT2D eigenvalue weighted by Gasteiger charge is -2.32. The van der Waals surface area contributed by atoms with E-state index in [1.807, 2.05) is 0 Å². The quantitative estimate of drug-likeness (QED) is 0.808. The monoisotopic (exact) mass is 393 g/mol. The lowest BCUT2D eigenvalue weighted by atomic mass is 10.2. The Kier molecular flexibility index (Phi) is 5.48. The van der Waals surface area contributed by atoms with Crippen LogP contribution in [0.2, 0.25) is 0 Å². The molecule has 0 aliphatic carbocycles. The first-order valence-corrected chi connectivity index (χ1v) is 8.55. The summed E-state index contributed by atoms with van der Waals surface area (Å²) in [6.07, 6.45) is -3.66. The van der Waals surface area contributed by atoms with Gasteiger partial charge in [0.25, 0.3) is 5.91 Å². The predicted molar refractivity (Wildman–Crippen MR) is 95.0 cm³/mol. The standard InChI is InChI=1S/C18H18F3N5O2/c1-12-10-15(16(28)26-8-6-25(11-27)7-9-26)24-17(22-12)23-14-4-2-13(3-5-14)18(19,20)21/h2-5,10-11H,6-9H2,1H3,(H,22,23,24). The summed E-state index contributed by atoms with van der Waals surface area (Å²) in [6, 6.07) is 6.00. The second-order valence-corrected chi connectivity index (χ2v) is 6.35. The number of nitrogens with one attached hydrogen (secondary N) is 1. The summed E-state index contributed by atoms with van der Waals surface area (Å²) in [6.45, 7) is 3.41. The van der Waals surface area contributed by atoms with E-state index in [1.54, 1.807) is 22.8 Å². The average molecular weight is 393 g/mol. The van der Waals surface area contributed by atoms with Gasteiger partial charge in [-0.1, -0.05) is 0 Å². The lowest BCUT2D eigenvalue weighted by Crippen LogP contribution is -2.48. The van der Waals surface area contributed by atoms with Crippen molar-refractivity contribution < 1.29 is 22.8 Å². The molecule has 1 saturated heterocycles. The Bertz CT molecular complexity index is 863. The summed E-state index contributed by atoms with van der Waals surface area (Å²) in [5, 5.41) is 2.82. The average Bonchev–Trinajstić information content (AvgIpc) is 2.67. The van der Waals surface area contributed by atoms with Crippen molar-refractivity contribution in [2.75, 3.05) is 31.5 Å². The number of carbonyl (C=O) groups is 2. The second kappa shape index (κ2) is 7.83. The molecule has 2 aromatic rings. The summed E-state index contributed by atoms with van der Waals surface area (Å²) in [7, 11) is 0. The minimum Gasteiger partial charge on any atom is -0.342 e. The molecule has 0 bridgehead atoms. The van der Waals surface area contributed by atoms with Gasteiger partial charge in [-0.25, -0.2) is 9.97 Å². The first-order chi connectivity index (χ1) is 13.3. The van der Waals surface area contributed by atoms with Crippen molar-refractivity contribution in [2.24, 2.45) is 0 Å². The maximum atomic E-state index is 12.7. The number of aryl methyl sites for hydroxylation is 1. The number of hydrogen-bond donors (Lipinski definition) is 1. The normalized spacial score (nSPS) is 14.7. The van der Waals surface area contributed by atoms with E-state index in [1.165, 1.54) is 12.1 Å². The maximum absolute atomic E-state index is 12.7. The Hall–Kier alpha value is -3.17. The number of halogens is 3. The molecule has 0 atom stereocenters. The molecule has 0 radical (unpaired) electrons. The van der Waals surface area contributed by atoms with Crippen LogP contribution in [-0.4, -0.2) is 58.3 Å². The van der Waals surface area contributed by atoms with Crippen molar-refractivity contribution in [3.8, 4) is 0 Å². The van der Waals surface area contributed by atoms with E-state index < -0.39 is 11.7 Å². The molecule has 1 aliphatic rings. The number of benzene rings is 1. The Balaban J connectivity index is 1.74. The molecule has 1 aliphatic heterocycles. The molecule has 10 heteroatoms. The van der Waals surface area contributed by atoms with Crippen molar-refractivity contribution in [3.63, 3.8) is 0 Å². The van der Waals surface area contributed by atoms with E-state index in [-0.39, 0.29) is 17.5 Å². The third kappa shape index (κ3) is 4.56. The van der Waals surface area contributed by atoms with Gasteiger partial charge in [0.05, 0.1) is 5.56 Å². The molecule has 0 saturated carbocycles. The first-order valence-electron chi connectivity index (χ1n) is 8.55. The Morgan fingerprint density at radius 1 is 1.11 bits per heavy atom. The summed E-state index contributed by atoms with van der Waals surface area (Å²) < 4.78 is 38.0. The van der Waals surface area contributed by atoms with Crippen molar-refractivity contribution in [1.29, 1.82) is 0 Å². The van der Waals surface area contributed by atoms with Crippen molar-refractivity contribution in [1.82, 2.24) is 19.8 Å². The van der Waals surface area contributed by atoms with Crippen LogP contribution in [-0.2, 0) is 11.0 Å². The molecule has 0 spiro atoms. The van der Waals surface area contributed by atoms with E-state index >= 15 is 0 Å². The van der Waals surface area contributed by atoms with E-state index in [9.17, 15) is 22.8 Å². The number of rotatable bonds is 4. The topological polar surface area (TPSA) is 78.4 Å². The zero-order chi connectivity index (χ0) is 20.3. The van der Waals surface area contributed by atoms with Gasteiger partial charge in [0.1, 0.15) is 5.69 Å². The smallest absolute Gasteiger partial charge is 0.342 e. The van der Waals surface area contributed by atoms with Crippen LogP contribution in [0.3, 0.4) is 0 Å². The third-order valence-electron chi connectivity index (χ3n) is 4.29. The Morgan fingerprint density at radius 2 is 1.75 bits per heavy atom. The predicted octanol–water partition coefficient (Wildman–Crippen LogP) is 2.46. The fraction of sp³-hybridized carbons (Fsp3) is 0.333. The van der Waals surface area contributed by atoms with Crippen LogP contribution in [0.4, 0.5) is 24.8 Å². The van der Waals surface area contributed by atoms with Crippen LogP contribution in [0.25, 0.3) is 0 Å². The molecule has 1 N–H and O–H groups in total. The van der Waals surface area contributed by atoms with Crippen molar-refractivity contribution in [2.45, 2.75) is 13.1 Å². The highest BCUT2D eigenvalue weighted by atomic mass is 19.4. The van der Waals surface area contributed by atoms with Gasteiger partial charge in [-0.15, -0.1) is 0 Å². The molecule has 148 valence electrons. The summed E-state index contributed by atoms with van der Waals surface area (Å²) >= 11 is 0. The van der Waals surface area contributed by atoms with Crippen LogP contribution >= 0.6 is 0 Å². The number of piperazine rings is 1. The fourth-order valence-corrected chi connectivity index (χ4v) is 2.80.